The lowest BCUT2D eigenvalue weighted by atomic mass is 10.5. The minimum absolute atomic E-state index is 0.472. The van der Waals surface area contributed by atoms with Crippen molar-refractivity contribution >= 4 is 16.6 Å². The first-order chi connectivity index (χ1) is 2.93. The van der Waals surface area contributed by atoms with Crippen LogP contribution in [0.2, 0.25) is 0 Å². The molecule has 0 amide bonds. The van der Waals surface area contributed by atoms with Crippen LogP contribution in [0.4, 0.5) is 0 Å². The van der Waals surface area contributed by atoms with Crippen LogP contribution in [0.1, 0.15) is 12.8 Å². The van der Waals surface area contributed by atoms with E-state index in [1.807, 2.05) is 0 Å². The monoisotopic (exact) mass is 101 g/mol. The lowest BCUT2D eigenvalue weighted by molar-refractivity contribution is 0.701. The van der Waals surface area contributed by atoms with Crippen molar-refractivity contribution in [2.75, 3.05) is 0 Å². The summed E-state index contributed by atoms with van der Waals surface area (Å²) in [6, 6.07) is 0. The molecule has 33 valence electrons. The molecule has 0 aromatic rings. The Morgan fingerprint density at radius 3 is 2.50 bits per heavy atom. The first-order valence-electron chi connectivity index (χ1n) is 1.98. The van der Waals surface area contributed by atoms with Crippen LogP contribution >= 0.6 is 0 Å². The zero-order valence-electron chi connectivity index (χ0n) is 3.31. The Hall–Kier alpha value is -0.110. The minimum Gasteiger partial charge on any atom is -0.212 e. The Morgan fingerprint density at radius 2 is 2.33 bits per heavy atom. The standard InChI is InChI=1S/C4H5OS/c5-6-3-4-1-2-4/h4H,1-2H2. The summed E-state index contributed by atoms with van der Waals surface area (Å²) in [5.74, 6) is 0.549. The van der Waals surface area contributed by atoms with Gasteiger partial charge in [-0.2, -0.15) is 0 Å². The van der Waals surface area contributed by atoms with Gasteiger partial charge in [0.25, 0.3) is 0 Å². The molecule has 0 N–H and O–H groups in total. The molecule has 0 aliphatic heterocycles. The van der Waals surface area contributed by atoms with E-state index in [1.54, 1.807) is 0 Å². The first kappa shape index (κ1) is 4.06. The third kappa shape index (κ3) is 0.937. The lowest BCUT2D eigenvalue weighted by Crippen LogP contribution is -1.68. The van der Waals surface area contributed by atoms with Gasteiger partial charge in [-0.1, -0.05) is 0 Å². The summed E-state index contributed by atoms with van der Waals surface area (Å²) in [7, 11) is 0. The Bertz CT molecular complexity index is 89.7. The molecule has 0 atom stereocenters. The van der Waals surface area contributed by atoms with E-state index in [0.29, 0.717) is 17.2 Å². The third-order valence-corrected chi connectivity index (χ3v) is 1.22. The van der Waals surface area contributed by atoms with Gasteiger partial charge in [0.05, 0.1) is 16.6 Å². The van der Waals surface area contributed by atoms with Crippen LogP contribution in [0.3, 0.4) is 0 Å². The van der Waals surface area contributed by atoms with Crippen molar-refractivity contribution in [2.45, 2.75) is 12.8 Å². The van der Waals surface area contributed by atoms with Crippen molar-refractivity contribution in [3.05, 3.63) is 0 Å². The van der Waals surface area contributed by atoms with Gasteiger partial charge in [0, 0.05) is 0 Å². The Balaban J connectivity index is 2.33. The van der Waals surface area contributed by atoms with E-state index in [4.69, 9.17) is 0 Å². The zero-order chi connectivity index (χ0) is 4.41. The lowest BCUT2D eigenvalue weighted by Gasteiger charge is -1.58. The Morgan fingerprint density at radius 1 is 1.67 bits per heavy atom. The summed E-state index contributed by atoms with van der Waals surface area (Å²) >= 11 is 0.472. The summed E-state index contributed by atoms with van der Waals surface area (Å²) in [5.41, 5.74) is 0. The van der Waals surface area contributed by atoms with E-state index in [1.165, 1.54) is 12.8 Å². The number of rotatable bonds is 1. The van der Waals surface area contributed by atoms with Gasteiger partial charge in [0.15, 0.2) is 0 Å². The summed E-state index contributed by atoms with van der Waals surface area (Å²) in [4.78, 5) is 0. The second kappa shape index (κ2) is 1.56. The van der Waals surface area contributed by atoms with E-state index >= 15 is 0 Å². The van der Waals surface area contributed by atoms with Crippen molar-refractivity contribution in [1.82, 2.24) is 0 Å². The van der Waals surface area contributed by atoms with Crippen LogP contribution in [0.5, 0.6) is 0 Å². The van der Waals surface area contributed by atoms with Crippen molar-refractivity contribution in [3.63, 3.8) is 0 Å². The van der Waals surface area contributed by atoms with Crippen molar-refractivity contribution in [2.24, 2.45) is 5.92 Å². The molecule has 1 aliphatic rings. The van der Waals surface area contributed by atoms with Crippen LogP contribution in [0.15, 0.2) is 0 Å². The summed E-state index contributed by atoms with van der Waals surface area (Å²) in [6.07, 6.45) is 2.38. The Kier molecular flexibility index (Phi) is 1.05. The molecule has 1 rings (SSSR count). The van der Waals surface area contributed by atoms with Gasteiger partial charge in [0.2, 0.25) is 0 Å². The van der Waals surface area contributed by atoms with E-state index in [-0.39, 0.29) is 0 Å². The summed E-state index contributed by atoms with van der Waals surface area (Å²) in [6.45, 7) is 0. The molecule has 0 spiro atoms. The molecule has 2 heteroatoms. The fourth-order valence-electron chi connectivity index (χ4n) is 0.269. The molecule has 0 unspecified atom stereocenters. The van der Waals surface area contributed by atoms with Gasteiger partial charge in [-0.05, 0) is 18.8 Å². The molecule has 6 heavy (non-hydrogen) atoms. The fourth-order valence-corrected chi connectivity index (χ4v) is 0.641. The molecule has 1 nitrogen and oxygen atoms in total. The Labute approximate surface area is 40.4 Å². The smallest absolute Gasteiger partial charge is 0.0936 e. The van der Waals surface area contributed by atoms with Gasteiger partial charge >= 0.3 is 0 Å². The van der Waals surface area contributed by atoms with Gasteiger partial charge in [-0.15, -0.1) is 0 Å². The summed E-state index contributed by atoms with van der Waals surface area (Å²) < 4.78 is 9.59. The van der Waals surface area contributed by atoms with E-state index in [2.05, 4.69) is 5.37 Å². The molecule has 0 bridgehead atoms. The molecule has 1 fully saturated rings. The molecule has 0 aromatic carbocycles. The van der Waals surface area contributed by atoms with Gasteiger partial charge in [0.1, 0.15) is 0 Å². The fraction of sp³-hybridized carbons (Fsp3) is 0.750. The molecule has 0 aromatic heterocycles. The summed E-state index contributed by atoms with van der Waals surface area (Å²) in [5, 5.41) is 2.68. The van der Waals surface area contributed by atoms with Gasteiger partial charge in [-0.25, -0.2) is 4.21 Å². The minimum atomic E-state index is 0.472. The second-order valence-electron chi connectivity index (χ2n) is 1.48. The molecule has 0 heterocycles. The molecule has 1 radical (unpaired) electrons. The second-order valence-corrected chi connectivity index (χ2v) is 1.88. The molecule has 1 aliphatic carbocycles. The number of hydrogen-bond donors (Lipinski definition) is 0. The van der Waals surface area contributed by atoms with Gasteiger partial charge < -0.3 is 0 Å². The topological polar surface area (TPSA) is 17.1 Å². The highest BCUT2D eigenvalue weighted by Gasteiger charge is 2.18. The van der Waals surface area contributed by atoms with Crippen LogP contribution in [-0.2, 0) is 11.3 Å². The quantitative estimate of drug-likeness (QED) is 0.434. The van der Waals surface area contributed by atoms with Crippen molar-refractivity contribution in [3.8, 4) is 0 Å². The predicted molar refractivity (Wildman–Crippen MR) is 25.9 cm³/mol. The van der Waals surface area contributed by atoms with Crippen molar-refractivity contribution < 1.29 is 4.21 Å². The highest BCUT2D eigenvalue weighted by molar-refractivity contribution is 7.64. The third-order valence-electron chi connectivity index (χ3n) is 0.792. The van der Waals surface area contributed by atoms with Crippen molar-refractivity contribution in [1.29, 1.82) is 0 Å². The van der Waals surface area contributed by atoms with E-state index in [9.17, 15) is 4.21 Å². The van der Waals surface area contributed by atoms with Crippen LogP contribution in [0.25, 0.3) is 0 Å². The highest BCUT2D eigenvalue weighted by Crippen LogP contribution is 2.25. The SMILES string of the molecule is O=S=[C]C1CC1. The molecule has 0 saturated heterocycles. The average Bonchev–Trinajstić information content (AvgIpc) is 2.21. The largest absolute Gasteiger partial charge is 0.212 e. The predicted octanol–water partition coefficient (Wildman–Crippen LogP) is 0.289. The van der Waals surface area contributed by atoms with Crippen LogP contribution in [-0.4, -0.2) is 9.58 Å². The maximum absolute atomic E-state index is 9.59. The van der Waals surface area contributed by atoms with Crippen LogP contribution < -0.4 is 0 Å². The molecular weight excluding hydrogens is 96.1 g/mol. The maximum atomic E-state index is 9.59. The molecule has 1 saturated carbocycles. The van der Waals surface area contributed by atoms with Gasteiger partial charge in [-0.3, -0.25) is 0 Å². The normalized spacial score (nSPS) is 20.0. The number of hydrogen-bond acceptors (Lipinski definition) is 1. The van der Waals surface area contributed by atoms with Crippen LogP contribution in [0, 0.1) is 5.92 Å². The molecular formula is C4H5OS. The maximum Gasteiger partial charge on any atom is 0.0936 e. The first-order valence-corrected chi connectivity index (χ1v) is 2.72. The van der Waals surface area contributed by atoms with E-state index < -0.39 is 0 Å². The average molecular weight is 101 g/mol. The zero-order valence-corrected chi connectivity index (χ0v) is 4.12. The highest BCUT2D eigenvalue weighted by atomic mass is 32.1. The van der Waals surface area contributed by atoms with E-state index in [0.717, 1.165) is 0 Å².